The van der Waals surface area contributed by atoms with E-state index in [4.69, 9.17) is 0 Å². The molecule has 0 fully saturated rings. The van der Waals surface area contributed by atoms with Gasteiger partial charge in [0.1, 0.15) is 0 Å². The fourth-order valence-electron chi connectivity index (χ4n) is 5.51. The Bertz CT molecular complexity index is 988. The number of rotatable bonds is 12. The van der Waals surface area contributed by atoms with E-state index in [-0.39, 0.29) is 0 Å². The third kappa shape index (κ3) is 4.52. The summed E-state index contributed by atoms with van der Waals surface area (Å²) in [6, 6.07) is 13.7. The molecular weight excluding hydrogens is 416 g/mol. The van der Waals surface area contributed by atoms with Crippen LogP contribution >= 0.6 is 0 Å². The summed E-state index contributed by atoms with van der Waals surface area (Å²) in [5.41, 5.74) is 5.60. The van der Waals surface area contributed by atoms with Crippen LogP contribution in [0.1, 0.15) is 55.4 Å². The van der Waals surface area contributed by atoms with Crippen molar-refractivity contribution in [2.45, 2.75) is 55.4 Å². The Balaban J connectivity index is 2.69. The van der Waals surface area contributed by atoms with Crippen LogP contribution in [0.4, 0.5) is 22.7 Å². The number of hydrogen-bond donors (Lipinski definition) is 0. The molecule has 3 aromatic carbocycles. The number of fused-ring (bicyclic) bond motifs is 2. The molecule has 186 valence electrons. The lowest BCUT2D eigenvalue weighted by molar-refractivity contribution is 0.807. The molecule has 0 heterocycles. The smallest absolute Gasteiger partial charge is 0.0869 e. The van der Waals surface area contributed by atoms with Crippen LogP contribution in [0.5, 0.6) is 0 Å². The van der Waals surface area contributed by atoms with Gasteiger partial charge in [0.05, 0.1) is 22.7 Å². The normalized spacial score (nSPS) is 11.3. The lowest BCUT2D eigenvalue weighted by atomic mass is 9.95. The molecule has 0 unspecified atom stereocenters. The zero-order valence-electron chi connectivity index (χ0n) is 22.9. The molecule has 0 aliphatic rings. The largest absolute Gasteiger partial charge is 0.370 e. The van der Waals surface area contributed by atoms with Crippen molar-refractivity contribution in [3.8, 4) is 0 Å². The molecule has 3 rings (SSSR count). The van der Waals surface area contributed by atoms with Crippen LogP contribution in [-0.2, 0) is 0 Å². The Kier molecular flexibility index (Phi) is 8.93. The molecule has 0 radical (unpaired) electrons. The lowest BCUT2D eigenvalue weighted by Gasteiger charge is -2.40. The summed E-state index contributed by atoms with van der Waals surface area (Å²) >= 11 is 0. The summed E-state index contributed by atoms with van der Waals surface area (Å²) in [5.74, 6) is 0. The molecule has 34 heavy (non-hydrogen) atoms. The monoisotopic (exact) mass is 462 g/mol. The van der Waals surface area contributed by atoms with Gasteiger partial charge >= 0.3 is 0 Å². The van der Waals surface area contributed by atoms with Gasteiger partial charge in [0.15, 0.2) is 0 Å². The zero-order chi connectivity index (χ0) is 24.8. The summed E-state index contributed by atoms with van der Waals surface area (Å²) < 4.78 is 0. The van der Waals surface area contributed by atoms with Crippen LogP contribution in [0.2, 0.25) is 0 Å². The molecule has 0 aromatic heterocycles. The van der Waals surface area contributed by atoms with Crippen molar-refractivity contribution in [2.75, 3.05) is 72.0 Å². The molecule has 0 atom stereocenters. The average Bonchev–Trinajstić information content (AvgIpc) is 2.87. The Morgan fingerprint density at radius 3 is 0.941 bits per heavy atom. The van der Waals surface area contributed by atoms with E-state index in [0.29, 0.717) is 0 Å². The van der Waals surface area contributed by atoms with Crippen molar-refractivity contribution in [2.24, 2.45) is 0 Å². The molecule has 0 aliphatic heterocycles. The van der Waals surface area contributed by atoms with Gasteiger partial charge in [-0.05, 0) is 78.3 Å². The highest BCUT2D eigenvalue weighted by Gasteiger charge is 2.29. The molecule has 0 amide bonds. The maximum absolute atomic E-state index is 2.59. The van der Waals surface area contributed by atoms with Crippen molar-refractivity contribution in [3.63, 3.8) is 0 Å². The van der Waals surface area contributed by atoms with Gasteiger partial charge in [-0.25, -0.2) is 0 Å². The first kappa shape index (κ1) is 26.0. The van der Waals surface area contributed by atoms with Gasteiger partial charge in [-0.3, -0.25) is 0 Å². The topological polar surface area (TPSA) is 13.0 Å². The molecule has 0 bridgehead atoms. The molecule has 0 spiro atoms. The van der Waals surface area contributed by atoms with Crippen LogP contribution in [0.3, 0.4) is 0 Å². The Hall–Kier alpha value is -2.62. The van der Waals surface area contributed by atoms with Gasteiger partial charge in [0.2, 0.25) is 0 Å². The predicted molar refractivity (Wildman–Crippen MR) is 156 cm³/mol. The second kappa shape index (κ2) is 11.7. The quantitative estimate of drug-likeness (QED) is 0.260. The van der Waals surface area contributed by atoms with E-state index in [1.54, 1.807) is 0 Å². The summed E-state index contributed by atoms with van der Waals surface area (Å²) in [7, 11) is 0. The summed E-state index contributed by atoms with van der Waals surface area (Å²) in [6.07, 6.45) is 0. The van der Waals surface area contributed by atoms with Crippen LogP contribution < -0.4 is 19.6 Å². The standard InChI is InChI=1S/C30H46N4/c1-9-31(10-2)27-25-21-23-19-17-18-20-24(23)22-26(25)28(32(11-3)12-4)30(34(15-7)16-8)29(27)33(13-5)14-6/h17-22H,9-16H2,1-8H3. The number of benzene rings is 3. The molecule has 0 aliphatic carbocycles. The SMILES string of the molecule is CCN(CC)c1c(N(CC)CC)c(N(CC)CC)c2cc3ccccc3cc2c1N(CC)CC. The molecule has 4 nitrogen and oxygen atoms in total. The van der Waals surface area contributed by atoms with Crippen molar-refractivity contribution in [1.82, 2.24) is 0 Å². The number of anilines is 4. The van der Waals surface area contributed by atoms with Gasteiger partial charge in [-0.1, -0.05) is 24.3 Å². The summed E-state index contributed by atoms with van der Waals surface area (Å²) in [6.45, 7) is 26.3. The predicted octanol–water partition coefficient (Wildman–Crippen LogP) is 7.38. The second-order valence-electron chi connectivity index (χ2n) is 8.83. The Morgan fingerprint density at radius 1 is 0.412 bits per heavy atom. The van der Waals surface area contributed by atoms with Crippen LogP contribution in [0.25, 0.3) is 21.5 Å². The highest BCUT2D eigenvalue weighted by molar-refractivity contribution is 6.18. The fourth-order valence-corrected chi connectivity index (χ4v) is 5.51. The van der Waals surface area contributed by atoms with E-state index in [2.05, 4.69) is 111 Å². The molecule has 0 saturated carbocycles. The Labute approximate surface area is 208 Å². The molecule has 3 aromatic rings. The summed E-state index contributed by atoms with van der Waals surface area (Å²) in [5, 5.41) is 5.38. The van der Waals surface area contributed by atoms with Crippen molar-refractivity contribution in [1.29, 1.82) is 0 Å². The van der Waals surface area contributed by atoms with E-state index in [1.165, 1.54) is 44.3 Å². The van der Waals surface area contributed by atoms with Gasteiger partial charge in [-0.15, -0.1) is 0 Å². The van der Waals surface area contributed by atoms with Crippen LogP contribution in [-0.4, -0.2) is 52.4 Å². The highest BCUT2D eigenvalue weighted by atomic mass is 15.3. The van der Waals surface area contributed by atoms with E-state index >= 15 is 0 Å². The minimum atomic E-state index is 0.995. The first-order chi connectivity index (χ1) is 16.5. The van der Waals surface area contributed by atoms with Crippen molar-refractivity contribution in [3.05, 3.63) is 36.4 Å². The van der Waals surface area contributed by atoms with E-state index in [0.717, 1.165) is 52.4 Å². The Morgan fingerprint density at radius 2 is 0.676 bits per heavy atom. The van der Waals surface area contributed by atoms with Gasteiger partial charge < -0.3 is 19.6 Å². The van der Waals surface area contributed by atoms with Gasteiger partial charge in [-0.2, -0.15) is 0 Å². The maximum atomic E-state index is 2.59. The van der Waals surface area contributed by atoms with Crippen molar-refractivity contribution < 1.29 is 0 Å². The van der Waals surface area contributed by atoms with E-state index < -0.39 is 0 Å². The first-order valence-electron chi connectivity index (χ1n) is 13.6. The molecule has 0 saturated heterocycles. The second-order valence-corrected chi connectivity index (χ2v) is 8.83. The zero-order valence-corrected chi connectivity index (χ0v) is 22.9. The van der Waals surface area contributed by atoms with Gasteiger partial charge in [0, 0.05) is 63.1 Å². The number of hydrogen-bond acceptors (Lipinski definition) is 4. The minimum absolute atomic E-state index is 0.995. The fraction of sp³-hybridized carbons (Fsp3) is 0.533. The first-order valence-corrected chi connectivity index (χ1v) is 13.6. The third-order valence-electron chi connectivity index (χ3n) is 7.39. The van der Waals surface area contributed by atoms with Crippen LogP contribution in [0.15, 0.2) is 36.4 Å². The molecular formula is C30H46N4. The maximum Gasteiger partial charge on any atom is 0.0869 e. The third-order valence-corrected chi connectivity index (χ3v) is 7.39. The van der Waals surface area contributed by atoms with E-state index in [1.807, 2.05) is 0 Å². The average molecular weight is 463 g/mol. The highest BCUT2D eigenvalue weighted by Crippen LogP contribution is 2.52. The minimum Gasteiger partial charge on any atom is -0.370 e. The molecule has 4 heteroatoms. The molecule has 0 N–H and O–H groups in total. The van der Waals surface area contributed by atoms with E-state index in [9.17, 15) is 0 Å². The lowest BCUT2D eigenvalue weighted by Crippen LogP contribution is -2.34. The van der Waals surface area contributed by atoms with Crippen LogP contribution in [0, 0.1) is 0 Å². The summed E-state index contributed by atoms with van der Waals surface area (Å²) in [4.78, 5) is 10.3. The number of nitrogens with zero attached hydrogens (tertiary/aromatic N) is 4. The van der Waals surface area contributed by atoms with Crippen molar-refractivity contribution >= 4 is 44.3 Å². The van der Waals surface area contributed by atoms with Gasteiger partial charge in [0.25, 0.3) is 0 Å².